The van der Waals surface area contributed by atoms with E-state index in [-0.39, 0.29) is 0 Å². The van der Waals surface area contributed by atoms with Crippen LogP contribution in [0.1, 0.15) is 11.1 Å². The Kier molecular flexibility index (Phi) is 4.62. The Labute approximate surface area is 136 Å². The van der Waals surface area contributed by atoms with Crippen LogP contribution in [0.3, 0.4) is 0 Å². The van der Waals surface area contributed by atoms with Gasteiger partial charge in [0.1, 0.15) is 12.4 Å². The second-order valence-corrected chi connectivity index (χ2v) is 5.35. The van der Waals surface area contributed by atoms with Crippen LogP contribution in [0.4, 0.5) is 5.69 Å². The van der Waals surface area contributed by atoms with E-state index in [9.17, 15) is 0 Å². The fourth-order valence-electron chi connectivity index (χ4n) is 2.32. The van der Waals surface area contributed by atoms with E-state index in [1.54, 1.807) is 7.11 Å². The van der Waals surface area contributed by atoms with E-state index in [2.05, 4.69) is 41.5 Å². The quantitative estimate of drug-likeness (QED) is 0.911. The highest BCUT2D eigenvalue weighted by Gasteiger charge is 2.09. The zero-order chi connectivity index (χ0) is 16.1. The second kappa shape index (κ2) is 7.01. The lowest BCUT2D eigenvalue weighted by Gasteiger charge is -2.12. The summed E-state index contributed by atoms with van der Waals surface area (Å²) >= 11 is 0. The summed E-state index contributed by atoms with van der Waals surface area (Å²) in [6.45, 7) is 3.44. The van der Waals surface area contributed by atoms with Crippen LogP contribution in [-0.4, -0.2) is 26.2 Å². The zero-order valence-corrected chi connectivity index (χ0v) is 13.4. The lowest BCUT2D eigenvalue weighted by atomic mass is 10.1. The molecule has 23 heavy (non-hydrogen) atoms. The molecule has 118 valence electrons. The van der Waals surface area contributed by atoms with E-state index >= 15 is 0 Å². The van der Waals surface area contributed by atoms with Gasteiger partial charge in [0.25, 0.3) is 0 Å². The maximum absolute atomic E-state index is 5.52. The third-order valence-corrected chi connectivity index (χ3v) is 3.61. The molecule has 0 saturated carbocycles. The third-order valence-electron chi connectivity index (χ3n) is 3.61. The Morgan fingerprint density at radius 2 is 1.87 bits per heavy atom. The van der Waals surface area contributed by atoms with Crippen LogP contribution >= 0.6 is 0 Å². The molecule has 3 rings (SSSR count). The van der Waals surface area contributed by atoms with E-state index in [0.29, 0.717) is 12.5 Å². The van der Waals surface area contributed by atoms with Crippen LogP contribution in [0.15, 0.2) is 59.6 Å². The van der Waals surface area contributed by atoms with Gasteiger partial charge in [-0.2, -0.15) is 0 Å². The molecule has 0 aromatic heterocycles. The van der Waals surface area contributed by atoms with Crippen molar-refractivity contribution in [3.8, 4) is 5.75 Å². The molecule has 0 radical (unpaired) electrons. The SMILES string of the molecule is COc1ccc(NC(=CC2=NCCO2)c2ccc(C)cc2)cc1. The van der Waals surface area contributed by atoms with E-state index in [0.717, 1.165) is 29.2 Å². The summed E-state index contributed by atoms with van der Waals surface area (Å²) in [4.78, 5) is 4.35. The van der Waals surface area contributed by atoms with Crippen molar-refractivity contribution >= 4 is 17.3 Å². The first-order valence-corrected chi connectivity index (χ1v) is 7.62. The van der Waals surface area contributed by atoms with E-state index < -0.39 is 0 Å². The van der Waals surface area contributed by atoms with Gasteiger partial charge in [0, 0.05) is 11.8 Å². The van der Waals surface area contributed by atoms with Crippen molar-refractivity contribution in [3.05, 3.63) is 65.7 Å². The van der Waals surface area contributed by atoms with Crippen LogP contribution in [-0.2, 0) is 4.74 Å². The van der Waals surface area contributed by atoms with E-state index in [4.69, 9.17) is 9.47 Å². The molecule has 2 aromatic carbocycles. The molecule has 0 saturated heterocycles. The van der Waals surface area contributed by atoms with Gasteiger partial charge < -0.3 is 14.8 Å². The summed E-state index contributed by atoms with van der Waals surface area (Å²) in [7, 11) is 1.66. The largest absolute Gasteiger partial charge is 0.497 e. The van der Waals surface area contributed by atoms with Crippen molar-refractivity contribution in [2.45, 2.75) is 6.92 Å². The summed E-state index contributed by atoms with van der Waals surface area (Å²) in [6.07, 6.45) is 1.95. The Morgan fingerprint density at radius 3 is 2.48 bits per heavy atom. The molecular formula is C19H20N2O2. The molecule has 0 atom stereocenters. The topological polar surface area (TPSA) is 42.8 Å². The first-order chi connectivity index (χ1) is 11.2. The molecule has 0 unspecified atom stereocenters. The third kappa shape index (κ3) is 3.92. The molecule has 0 amide bonds. The predicted molar refractivity (Wildman–Crippen MR) is 94.0 cm³/mol. The minimum absolute atomic E-state index is 0.648. The van der Waals surface area contributed by atoms with E-state index in [1.165, 1.54) is 5.56 Å². The Bertz CT molecular complexity index is 716. The number of anilines is 1. The van der Waals surface area contributed by atoms with Gasteiger partial charge in [0.15, 0.2) is 0 Å². The molecule has 1 aliphatic heterocycles. The van der Waals surface area contributed by atoms with Gasteiger partial charge in [0.05, 0.1) is 19.4 Å². The van der Waals surface area contributed by atoms with Gasteiger partial charge in [-0.1, -0.05) is 29.8 Å². The number of hydrogen-bond acceptors (Lipinski definition) is 4. The van der Waals surface area contributed by atoms with Gasteiger partial charge in [-0.25, -0.2) is 4.99 Å². The average molecular weight is 308 g/mol. The number of hydrogen-bond donors (Lipinski definition) is 1. The fraction of sp³-hybridized carbons (Fsp3) is 0.211. The van der Waals surface area contributed by atoms with Gasteiger partial charge in [0.2, 0.25) is 5.90 Å². The highest BCUT2D eigenvalue weighted by Crippen LogP contribution is 2.22. The lowest BCUT2D eigenvalue weighted by Crippen LogP contribution is -2.03. The number of aliphatic imine (C=N–C) groups is 1. The Hall–Kier alpha value is -2.75. The van der Waals surface area contributed by atoms with Crippen molar-refractivity contribution in [1.82, 2.24) is 0 Å². The van der Waals surface area contributed by atoms with Crippen LogP contribution in [0.25, 0.3) is 5.70 Å². The molecule has 4 nitrogen and oxygen atoms in total. The van der Waals surface area contributed by atoms with E-state index in [1.807, 2.05) is 30.3 Å². The zero-order valence-electron chi connectivity index (χ0n) is 13.4. The van der Waals surface area contributed by atoms with Crippen LogP contribution < -0.4 is 10.1 Å². The maximum Gasteiger partial charge on any atom is 0.210 e. The van der Waals surface area contributed by atoms with Gasteiger partial charge in [-0.3, -0.25) is 0 Å². The molecule has 1 N–H and O–H groups in total. The first-order valence-electron chi connectivity index (χ1n) is 7.62. The normalized spacial score (nSPS) is 14.2. The summed E-state index contributed by atoms with van der Waals surface area (Å²) in [6, 6.07) is 16.2. The summed E-state index contributed by atoms with van der Waals surface area (Å²) in [5.41, 5.74) is 4.25. The lowest BCUT2D eigenvalue weighted by molar-refractivity contribution is 0.350. The van der Waals surface area contributed by atoms with Crippen LogP contribution in [0.5, 0.6) is 5.75 Å². The van der Waals surface area contributed by atoms with Crippen molar-refractivity contribution < 1.29 is 9.47 Å². The maximum atomic E-state index is 5.52. The molecule has 1 aliphatic rings. The molecular weight excluding hydrogens is 288 g/mol. The predicted octanol–water partition coefficient (Wildman–Crippen LogP) is 3.89. The van der Waals surface area contributed by atoms with Gasteiger partial charge in [-0.05, 0) is 36.8 Å². The minimum atomic E-state index is 0.648. The molecule has 0 bridgehead atoms. The number of nitrogens with one attached hydrogen (secondary N) is 1. The average Bonchev–Trinajstić information content (AvgIpc) is 3.09. The smallest absolute Gasteiger partial charge is 0.210 e. The van der Waals surface area contributed by atoms with Crippen molar-refractivity contribution in [2.24, 2.45) is 4.99 Å². The van der Waals surface area contributed by atoms with Gasteiger partial charge >= 0.3 is 0 Å². The summed E-state index contributed by atoms with van der Waals surface area (Å²) in [5, 5.41) is 3.44. The molecule has 0 spiro atoms. The Morgan fingerprint density at radius 1 is 1.13 bits per heavy atom. The fourth-order valence-corrected chi connectivity index (χ4v) is 2.32. The molecule has 2 aromatic rings. The summed E-state index contributed by atoms with van der Waals surface area (Å²) < 4.78 is 10.7. The second-order valence-electron chi connectivity index (χ2n) is 5.35. The summed E-state index contributed by atoms with van der Waals surface area (Å²) in [5.74, 6) is 1.50. The van der Waals surface area contributed by atoms with Crippen molar-refractivity contribution in [3.63, 3.8) is 0 Å². The van der Waals surface area contributed by atoms with Crippen LogP contribution in [0.2, 0.25) is 0 Å². The number of rotatable bonds is 5. The number of aryl methyl sites for hydroxylation is 1. The number of benzene rings is 2. The molecule has 4 heteroatoms. The number of methoxy groups -OCH3 is 1. The highest BCUT2D eigenvalue weighted by atomic mass is 16.5. The van der Waals surface area contributed by atoms with Crippen molar-refractivity contribution in [1.29, 1.82) is 0 Å². The first kappa shape index (κ1) is 15.2. The highest BCUT2D eigenvalue weighted by molar-refractivity contribution is 5.98. The minimum Gasteiger partial charge on any atom is -0.497 e. The molecule has 1 heterocycles. The molecule has 0 aliphatic carbocycles. The number of ether oxygens (including phenoxy) is 2. The molecule has 0 fully saturated rings. The number of nitrogens with zero attached hydrogens (tertiary/aromatic N) is 1. The standard InChI is InChI=1S/C19H20N2O2/c1-14-3-5-15(6-4-14)18(13-19-20-11-12-23-19)21-16-7-9-17(22-2)10-8-16/h3-10,13,21H,11-12H2,1-2H3. The Balaban J connectivity index is 1.89. The van der Waals surface area contributed by atoms with Gasteiger partial charge in [-0.15, -0.1) is 0 Å². The van der Waals surface area contributed by atoms with Crippen LogP contribution in [0, 0.1) is 6.92 Å². The monoisotopic (exact) mass is 308 g/mol. The van der Waals surface area contributed by atoms with Crippen molar-refractivity contribution in [2.75, 3.05) is 25.6 Å².